The molecule has 1 aliphatic carbocycles. The maximum absolute atomic E-state index is 12.0. The fraction of sp³-hybridized carbons (Fsp3) is 0.471. The Morgan fingerprint density at radius 2 is 2.04 bits per heavy atom. The van der Waals surface area contributed by atoms with Crippen molar-refractivity contribution >= 4 is 11.9 Å². The summed E-state index contributed by atoms with van der Waals surface area (Å²) in [4.78, 5) is 23.5. The molecule has 2 rings (SSSR count). The smallest absolute Gasteiger partial charge is 0.337 e. The van der Waals surface area contributed by atoms with Crippen molar-refractivity contribution in [3.05, 3.63) is 23.8 Å². The molecule has 24 heavy (non-hydrogen) atoms. The van der Waals surface area contributed by atoms with Crippen molar-refractivity contribution in [1.29, 1.82) is 5.26 Å². The van der Waals surface area contributed by atoms with E-state index in [0.717, 1.165) is 12.8 Å². The molecule has 0 aromatic heterocycles. The van der Waals surface area contributed by atoms with Crippen molar-refractivity contribution in [3.63, 3.8) is 0 Å². The Morgan fingerprint density at radius 1 is 1.33 bits per heavy atom. The van der Waals surface area contributed by atoms with Gasteiger partial charge in [0.15, 0.2) is 18.1 Å². The second kappa shape index (κ2) is 7.21. The van der Waals surface area contributed by atoms with Gasteiger partial charge in [-0.15, -0.1) is 0 Å². The maximum Gasteiger partial charge on any atom is 0.337 e. The summed E-state index contributed by atoms with van der Waals surface area (Å²) in [5.41, 5.74) is -0.545. The normalized spacial score (nSPS) is 15.6. The van der Waals surface area contributed by atoms with Gasteiger partial charge >= 0.3 is 5.97 Å². The summed E-state index contributed by atoms with van der Waals surface area (Å²) in [5.74, 6) is -0.0430. The van der Waals surface area contributed by atoms with Crippen molar-refractivity contribution in [2.45, 2.75) is 25.3 Å². The number of methoxy groups -OCH3 is 2. The quantitative estimate of drug-likeness (QED) is 0.763. The largest absolute Gasteiger partial charge is 0.493 e. The molecule has 1 aliphatic rings. The van der Waals surface area contributed by atoms with Crippen LogP contribution >= 0.6 is 0 Å². The Hall–Kier alpha value is -2.75. The molecule has 0 saturated heterocycles. The van der Waals surface area contributed by atoms with Gasteiger partial charge in [-0.05, 0) is 43.9 Å². The van der Waals surface area contributed by atoms with E-state index >= 15 is 0 Å². The Bertz CT molecular complexity index is 678. The molecule has 0 unspecified atom stereocenters. The van der Waals surface area contributed by atoms with Gasteiger partial charge in [0.1, 0.15) is 5.54 Å². The van der Waals surface area contributed by atoms with E-state index in [1.54, 1.807) is 6.92 Å². The summed E-state index contributed by atoms with van der Waals surface area (Å²) in [6, 6.07) is 6.68. The first-order valence-electron chi connectivity index (χ1n) is 7.55. The van der Waals surface area contributed by atoms with Crippen LogP contribution in [-0.4, -0.2) is 38.2 Å². The summed E-state index contributed by atoms with van der Waals surface area (Å²) in [5, 5.41) is 12.0. The van der Waals surface area contributed by atoms with E-state index in [1.165, 1.54) is 32.4 Å². The predicted molar refractivity (Wildman–Crippen MR) is 84.7 cm³/mol. The minimum Gasteiger partial charge on any atom is -0.493 e. The first kappa shape index (κ1) is 17.6. The van der Waals surface area contributed by atoms with Gasteiger partial charge in [-0.3, -0.25) is 4.79 Å². The van der Waals surface area contributed by atoms with Crippen LogP contribution in [0, 0.1) is 17.2 Å². The molecule has 0 aliphatic heterocycles. The van der Waals surface area contributed by atoms with E-state index in [9.17, 15) is 14.9 Å². The maximum atomic E-state index is 12.0. The van der Waals surface area contributed by atoms with Gasteiger partial charge in [0.05, 0.1) is 25.9 Å². The lowest BCUT2D eigenvalue weighted by molar-refractivity contribution is -0.124. The van der Waals surface area contributed by atoms with Crippen LogP contribution in [-0.2, 0) is 9.53 Å². The Balaban J connectivity index is 1.99. The lowest BCUT2D eigenvalue weighted by atomic mass is 9.98. The number of hydrogen-bond donors (Lipinski definition) is 1. The van der Waals surface area contributed by atoms with Crippen LogP contribution in [0.3, 0.4) is 0 Å². The third-order valence-corrected chi connectivity index (χ3v) is 3.97. The molecule has 1 amide bonds. The average molecular weight is 332 g/mol. The van der Waals surface area contributed by atoms with E-state index in [4.69, 9.17) is 9.47 Å². The van der Waals surface area contributed by atoms with Crippen LogP contribution in [0.25, 0.3) is 0 Å². The molecule has 0 radical (unpaired) electrons. The number of nitrogens with one attached hydrogen (secondary N) is 1. The van der Waals surface area contributed by atoms with Gasteiger partial charge in [-0.25, -0.2) is 4.79 Å². The van der Waals surface area contributed by atoms with Crippen LogP contribution in [0.15, 0.2) is 18.2 Å². The molecule has 1 aromatic carbocycles. The third kappa shape index (κ3) is 3.96. The van der Waals surface area contributed by atoms with Crippen LogP contribution in [0.4, 0.5) is 0 Å². The van der Waals surface area contributed by atoms with E-state index < -0.39 is 11.5 Å². The van der Waals surface area contributed by atoms with E-state index in [-0.39, 0.29) is 18.4 Å². The molecule has 7 heteroatoms. The standard InChI is InChI=1S/C17H20N2O5/c1-17(10-18,12-5-6-12)19-15(20)9-24-13-7-4-11(16(21)23-3)8-14(13)22-2/h4,7-8,12H,5-6,9H2,1-3H3,(H,19,20)/t17-/m0/s1. The molecule has 1 N–H and O–H groups in total. The summed E-state index contributed by atoms with van der Waals surface area (Å²) in [7, 11) is 2.72. The first-order chi connectivity index (χ1) is 11.4. The fourth-order valence-electron chi connectivity index (χ4n) is 2.38. The lowest BCUT2D eigenvalue weighted by Crippen LogP contribution is -2.48. The number of esters is 1. The lowest BCUT2D eigenvalue weighted by Gasteiger charge is -2.23. The van der Waals surface area contributed by atoms with Crippen LogP contribution in [0.1, 0.15) is 30.1 Å². The van der Waals surface area contributed by atoms with Crippen molar-refractivity contribution in [2.75, 3.05) is 20.8 Å². The Morgan fingerprint density at radius 3 is 2.58 bits per heavy atom. The second-order valence-corrected chi connectivity index (χ2v) is 5.78. The molecule has 0 spiro atoms. The van der Waals surface area contributed by atoms with Crippen molar-refractivity contribution in [2.24, 2.45) is 5.92 Å². The molecule has 7 nitrogen and oxygen atoms in total. The van der Waals surface area contributed by atoms with Crippen LogP contribution in [0.5, 0.6) is 11.5 Å². The molecule has 0 heterocycles. The molecular formula is C17H20N2O5. The number of amides is 1. The van der Waals surface area contributed by atoms with Crippen molar-refractivity contribution in [1.82, 2.24) is 5.32 Å². The van der Waals surface area contributed by atoms with E-state index in [2.05, 4.69) is 16.1 Å². The first-order valence-corrected chi connectivity index (χ1v) is 7.55. The Labute approximate surface area is 140 Å². The highest BCUT2D eigenvalue weighted by molar-refractivity contribution is 5.90. The molecule has 1 fully saturated rings. The van der Waals surface area contributed by atoms with Crippen molar-refractivity contribution < 1.29 is 23.8 Å². The number of carbonyl (C=O) groups is 2. The van der Waals surface area contributed by atoms with Gasteiger partial charge in [0.2, 0.25) is 0 Å². The number of rotatable bonds is 7. The minimum absolute atomic E-state index is 0.195. The van der Waals surface area contributed by atoms with Crippen LogP contribution in [0.2, 0.25) is 0 Å². The number of benzene rings is 1. The Kier molecular flexibility index (Phi) is 5.29. The highest BCUT2D eigenvalue weighted by Crippen LogP contribution is 2.39. The number of nitriles is 1. The zero-order valence-electron chi connectivity index (χ0n) is 13.9. The third-order valence-electron chi connectivity index (χ3n) is 3.97. The molecule has 128 valence electrons. The monoisotopic (exact) mass is 332 g/mol. The van der Waals surface area contributed by atoms with Gasteiger partial charge < -0.3 is 19.5 Å². The van der Waals surface area contributed by atoms with Gasteiger partial charge in [0.25, 0.3) is 5.91 Å². The van der Waals surface area contributed by atoms with Crippen LogP contribution < -0.4 is 14.8 Å². The number of hydrogen-bond acceptors (Lipinski definition) is 6. The zero-order chi connectivity index (χ0) is 17.7. The van der Waals surface area contributed by atoms with E-state index in [1.807, 2.05) is 0 Å². The second-order valence-electron chi connectivity index (χ2n) is 5.78. The number of ether oxygens (including phenoxy) is 3. The number of nitrogens with zero attached hydrogens (tertiary/aromatic N) is 1. The highest BCUT2D eigenvalue weighted by Gasteiger charge is 2.43. The fourth-order valence-corrected chi connectivity index (χ4v) is 2.38. The molecule has 1 aromatic rings. The topological polar surface area (TPSA) is 97.6 Å². The predicted octanol–water partition coefficient (Wildman–Crippen LogP) is 1.67. The summed E-state index contributed by atoms with van der Waals surface area (Å²) in [6.45, 7) is 1.46. The number of carbonyl (C=O) groups excluding carboxylic acids is 2. The van der Waals surface area contributed by atoms with Gasteiger partial charge in [-0.2, -0.15) is 5.26 Å². The summed E-state index contributed by atoms with van der Waals surface area (Å²) in [6.07, 6.45) is 1.88. The molecule has 1 atom stereocenters. The molecule has 1 saturated carbocycles. The van der Waals surface area contributed by atoms with Gasteiger partial charge in [0, 0.05) is 0 Å². The minimum atomic E-state index is -0.862. The summed E-state index contributed by atoms with van der Waals surface area (Å²) < 4.78 is 15.3. The van der Waals surface area contributed by atoms with Gasteiger partial charge in [-0.1, -0.05) is 0 Å². The zero-order valence-corrected chi connectivity index (χ0v) is 13.9. The van der Waals surface area contributed by atoms with E-state index in [0.29, 0.717) is 17.1 Å². The average Bonchev–Trinajstić information content (AvgIpc) is 3.44. The molecule has 0 bridgehead atoms. The molecular weight excluding hydrogens is 312 g/mol. The summed E-state index contributed by atoms with van der Waals surface area (Å²) >= 11 is 0. The highest BCUT2D eigenvalue weighted by atomic mass is 16.5. The van der Waals surface area contributed by atoms with Crippen molar-refractivity contribution in [3.8, 4) is 17.6 Å². The SMILES string of the molecule is COC(=O)c1ccc(OCC(=O)N[C@@](C)(C#N)C2CC2)c(OC)c1.